The number of ether oxygens (including phenoxy) is 1. The van der Waals surface area contributed by atoms with Gasteiger partial charge in [-0.05, 0) is 45.1 Å². The smallest absolute Gasteiger partial charge is 0.193 e. The van der Waals surface area contributed by atoms with E-state index in [0.717, 1.165) is 70.4 Å². The molecule has 1 N–H and O–H groups in total. The fourth-order valence-corrected chi connectivity index (χ4v) is 4.60. The minimum Gasteiger partial charge on any atom is -0.379 e. The predicted molar refractivity (Wildman–Crippen MR) is 101 cm³/mol. The van der Waals surface area contributed by atoms with Gasteiger partial charge in [0.15, 0.2) is 5.96 Å². The maximum absolute atomic E-state index is 5.50. The lowest BCUT2D eigenvalue weighted by Gasteiger charge is -2.32. The molecule has 6 heteroatoms. The number of nitrogens with one attached hydrogen (secondary N) is 1. The van der Waals surface area contributed by atoms with Gasteiger partial charge in [0.1, 0.15) is 0 Å². The first-order valence-electron chi connectivity index (χ1n) is 10.4. The van der Waals surface area contributed by atoms with Gasteiger partial charge in [0.25, 0.3) is 0 Å². The zero-order valence-corrected chi connectivity index (χ0v) is 15.8. The van der Waals surface area contributed by atoms with E-state index in [9.17, 15) is 0 Å². The summed E-state index contributed by atoms with van der Waals surface area (Å²) in [7, 11) is 0. The Morgan fingerprint density at radius 3 is 2.56 bits per heavy atom. The number of aliphatic imine (C=N–C) groups is 1. The van der Waals surface area contributed by atoms with Crippen molar-refractivity contribution in [2.75, 3.05) is 65.6 Å². The van der Waals surface area contributed by atoms with Crippen molar-refractivity contribution in [3.63, 3.8) is 0 Å². The molecule has 1 saturated carbocycles. The molecule has 0 aromatic heterocycles. The van der Waals surface area contributed by atoms with Crippen LogP contribution >= 0.6 is 0 Å². The summed E-state index contributed by atoms with van der Waals surface area (Å²) in [6.07, 6.45) is 5.43. The summed E-state index contributed by atoms with van der Waals surface area (Å²) in [5.74, 6) is 1.90. The lowest BCUT2D eigenvalue weighted by atomic mass is 10.1. The predicted octanol–water partition coefficient (Wildman–Crippen LogP) is 0.843. The fraction of sp³-hybridized carbons (Fsp3) is 0.947. The average molecular weight is 350 g/mol. The SMILES string of the molecule is CCNC(=NCC1CCN(C2CC2)C1)N1CCC(N2CCOCC2)C1. The van der Waals surface area contributed by atoms with E-state index in [1.807, 2.05) is 0 Å². The van der Waals surface area contributed by atoms with E-state index in [1.54, 1.807) is 0 Å². The van der Waals surface area contributed by atoms with Gasteiger partial charge >= 0.3 is 0 Å². The largest absolute Gasteiger partial charge is 0.379 e. The second kappa shape index (κ2) is 8.23. The minimum atomic E-state index is 0.671. The van der Waals surface area contributed by atoms with Crippen molar-refractivity contribution in [3.8, 4) is 0 Å². The van der Waals surface area contributed by atoms with Crippen molar-refractivity contribution < 1.29 is 4.74 Å². The molecule has 4 rings (SSSR count). The third kappa shape index (κ3) is 4.47. The molecule has 0 radical (unpaired) electrons. The summed E-state index contributed by atoms with van der Waals surface area (Å²) >= 11 is 0. The van der Waals surface area contributed by atoms with Crippen molar-refractivity contribution in [1.82, 2.24) is 20.0 Å². The summed E-state index contributed by atoms with van der Waals surface area (Å²) in [6.45, 7) is 12.9. The number of nitrogens with zero attached hydrogens (tertiary/aromatic N) is 4. The van der Waals surface area contributed by atoms with Crippen molar-refractivity contribution >= 4 is 5.96 Å². The van der Waals surface area contributed by atoms with Crippen LogP contribution in [0.25, 0.3) is 0 Å². The third-order valence-electron chi connectivity index (χ3n) is 6.24. The molecule has 0 spiro atoms. The Bertz CT molecular complexity index is 461. The van der Waals surface area contributed by atoms with Crippen LogP contribution < -0.4 is 5.32 Å². The van der Waals surface area contributed by atoms with Crippen LogP contribution in [0.5, 0.6) is 0 Å². The lowest BCUT2D eigenvalue weighted by Crippen LogP contribution is -2.46. The zero-order valence-electron chi connectivity index (χ0n) is 15.8. The van der Waals surface area contributed by atoms with E-state index >= 15 is 0 Å². The Hall–Kier alpha value is -0.850. The Balaban J connectivity index is 1.29. The molecule has 25 heavy (non-hydrogen) atoms. The molecule has 0 bridgehead atoms. The highest BCUT2D eigenvalue weighted by Crippen LogP contribution is 2.31. The second-order valence-electron chi connectivity index (χ2n) is 8.11. The van der Waals surface area contributed by atoms with Crippen LogP contribution in [0.2, 0.25) is 0 Å². The van der Waals surface area contributed by atoms with Crippen LogP contribution in [0.15, 0.2) is 4.99 Å². The molecule has 3 saturated heterocycles. The molecule has 2 unspecified atom stereocenters. The number of guanidine groups is 1. The number of likely N-dealkylation sites (tertiary alicyclic amines) is 2. The van der Waals surface area contributed by atoms with Crippen LogP contribution in [0.1, 0.15) is 32.6 Å². The standard InChI is InChI=1S/C19H35N5O/c1-2-20-19(21-13-16-5-7-23(14-16)17-3-4-17)24-8-6-18(15-24)22-9-11-25-12-10-22/h16-18H,2-15H2,1H3,(H,20,21). The molecule has 142 valence electrons. The van der Waals surface area contributed by atoms with E-state index in [-0.39, 0.29) is 0 Å². The Morgan fingerprint density at radius 2 is 1.80 bits per heavy atom. The molecular formula is C19H35N5O. The second-order valence-corrected chi connectivity index (χ2v) is 8.11. The molecule has 0 amide bonds. The average Bonchev–Trinajstić information content (AvgIpc) is 3.20. The first kappa shape index (κ1) is 17.6. The first-order valence-corrected chi connectivity index (χ1v) is 10.4. The highest BCUT2D eigenvalue weighted by molar-refractivity contribution is 5.80. The first-order chi connectivity index (χ1) is 12.3. The van der Waals surface area contributed by atoms with E-state index in [1.165, 1.54) is 38.8 Å². The quantitative estimate of drug-likeness (QED) is 0.589. The van der Waals surface area contributed by atoms with Gasteiger partial charge in [-0.1, -0.05) is 0 Å². The monoisotopic (exact) mass is 349 g/mol. The Kier molecular flexibility index (Phi) is 5.78. The Morgan fingerprint density at radius 1 is 0.960 bits per heavy atom. The van der Waals surface area contributed by atoms with E-state index in [2.05, 4.69) is 26.9 Å². The van der Waals surface area contributed by atoms with Gasteiger partial charge in [-0.3, -0.25) is 9.89 Å². The minimum absolute atomic E-state index is 0.671. The zero-order chi connectivity index (χ0) is 17.1. The molecule has 3 heterocycles. The molecular weight excluding hydrogens is 314 g/mol. The fourth-order valence-electron chi connectivity index (χ4n) is 4.60. The summed E-state index contributed by atoms with van der Waals surface area (Å²) in [5.41, 5.74) is 0. The van der Waals surface area contributed by atoms with E-state index in [0.29, 0.717) is 6.04 Å². The van der Waals surface area contributed by atoms with Crippen molar-refractivity contribution in [3.05, 3.63) is 0 Å². The molecule has 1 aliphatic carbocycles. The maximum Gasteiger partial charge on any atom is 0.193 e. The highest BCUT2D eigenvalue weighted by Gasteiger charge is 2.34. The van der Waals surface area contributed by atoms with Gasteiger partial charge in [-0.2, -0.15) is 0 Å². The number of hydrogen-bond acceptors (Lipinski definition) is 4. The van der Waals surface area contributed by atoms with Gasteiger partial charge in [0.05, 0.1) is 13.2 Å². The molecule has 4 aliphatic rings. The molecule has 0 aromatic rings. The van der Waals surface area contributed by atoms with Gasteiger partial charge < -0.3 is 19.9 Å². The van der Waals surface area contributed by atoms with E-state index in [4.69, 9.17) is 9.73 Å². The Labute approximate surface area is 152 Å². The van der Waals surface area contributed by atoms with Gasteiger partial charge in [0, 0.05) is 57.9 Å². The van der Waals surface area contributed by atoms with Crippen LogP contribution in [0.4, 0.5) is 0 Å². The summed E-state index contributed by atoms with van der Waals surface area (Å²) in [6, 6.07) is 1.58. The van der Waals surface area contributed by atoms with Crippen molar-refractivity contribution in [2.45, 2.75) is 44.7 Å². The topological polar surface area (TPSA) is 43.3 Å². The van der Waals surface area contributed by atoms with Crippen molar-refractivity contribution in [1.29, 1.82) is 0 Å². The molecule has 3 aliphatic heterocycles. The number of rotatable bonds is 5. The maximum atomic E-state index is 5.50. The normalized spacial score (nSPS) is 32.5. The molecule has 6 nitrogen and oxygen atoms in total. The number of hydrogen-bond donors (Lipinski definition) is 1. The molecule has 4 fully saturated rings. The summed E-state index contributed by atoms with van der Waals surface area (Å²) in [4.78, 5) is 12.8. The molecule has 2 atom stereocenters. The van der Waals surface area contributed by atoms with Gasteiger partial charge in [-0.15, -0.1) is 0 Å². The van der Waals surface area contributed by atoms with Gasteiger partial charge in [-0.25, -0.2) is 0 Å². The van der Waals surface area contributed by atoms with Crippen molar-refractivity contribution in [2.24, 2.45) is 10.9 Å². The van der Waals surface area contributed by atoms with Crippen LogP contribution in [0, 0.1) is 5.92 Å². The van der Waals surface area contributed by atoms with Crippen LogP contribution in [-0.2, 0) is 4.74 Å². The van der Waals surface area contributed by atoms with Crippen LogP contribution in [0.3, 0.4) is 0 Å². The summed E-state index contributed by atoms with van der Waals surface area (Å²) in [5, 5.41) is 3.54. The highest BCUT2D eigenvalue weighted by atomic mass is 16.5. The molecule has 0 aromatic carbocycles. The third-order valence-corrected chi connectivity index (χ3v) is 6.24. The van der Waals surface area contributed by atoms with Crippen LogP contribution in [-0.4, -0.2) is 98.3 Å². The number of morpholine rings is 1. The van der Waals surface area contributed by atoms with Gasteiger partial charge in [0.2, 0.25) is 0 Å². The lowest BCUT2D eigenvalue weighted by molar-refractivity contribution is 0.0195. The summed E-state index contributed by atoms with van der Waals surface area (Å²) < 4.78 is 5.50. The van der Waals surface area contributed by atoms with E-state index < -0.39 is 0 Å².